The molecule has 0 aliphatic carbocycles. The van der Waals surface area contributed by atoms with Gasteiger partial charge < -0.3 is 5.11 Å². The number of rotatable bonds is 3. The van der Waals surface area contributed by atoms with Gasteiger partial charge in [0.2, 0.25) is 0 Å². The highest BCUT2D eigenvalue weighted by Crippen LogP contribution is 2.16. The second kappa shape index (κ2) is 6.55. The first-order valence-electron chi connectivity index (χ1n) is 4.74. The highest BCUT2D eigenvalue weighted by molar-refractivity contribution is 5.91. The fraction of sp³-hybridized carbons (Fsp3) is 0.364. The van der Waals surface area contributed by atoms with Gasteiger partial charge in [-0.15, -0.1) is 0 Å². The maximum absolute atomic E-state index is 11.0. The molecule has 0 aromatic heterocycles. The van der Waals surface area contributed by atoms with Gasteiger partial charge in [-0.25, -0.2) is 4.79 Å². The molecule has 0 saturated carbocycles. The minimum Gasteiger partial charge on any atom is -0.478 e. The molecule has 1 aromatic carbocycles. The lowest BCUT2D eigenvalue weighted by Gasteiger charge is -2.07. The van der Waals surface area contributed by atoms with Crippen molar-refractivity contribution in [2.75, 3.05) is 0 Å². The summed E-state index contributed by atoms with van der Waals surface area (Å²) < 4.78 is 0. The largest absolute Gasteiger partial charge is 0.478 e. The summed E-state index contributed by atoms with van der Waals surface area (Å²) in [6.45, 7) is 3.95. The van der Waals surface area contributed by atoms with Gasteiger partial charge in [-0.2, -0.15) is 0 Å². The summed E-state index contributed by atoms with van der Waals surface area (Å²) in [5.74, 6) is -0.811. The van der Waals surface area contributed by atoms with Crippen LogP contribution in [-0.4, -0.2) is 11.1 Å². The standard InChI is InChI=1S/C11H14O2.N2/c1-3-8-6-5-7-9(4-2)10(8)11(12)13;1-2/h5-7H,3-4H2,1-2H3,(H,12,13);. The van der Waals surface area contributed by atoms with Crippen molar-refractivity contribution in [2.24, 2.45) is 0 Å². The van der Waals surface area contributed by atoms with Gasteiger partial charge in [0.1, 0.15) is 0 Å². The first-order valence-corrected chi connectivity index (χ1v) is 4.74. The molecule has 0 aliphatic heterocycles. The van der Waals surface area contributed by atoms with Gasteiger partial charge in [-0.3, -0.25) is 0 Å². The van der Waals surface area contributed by atoms with E-state index in [1.165, 1.54) is 0 Å². The number of aryl methyl sites for hydroxylation is 2. The third-order valence-corrected chi connectivity index (χ3v) is 2.21. The summed E-state index contributed by atoms with van der Waals surface area (Å²) in [5.41, 5.74) is 2.34. The Hall–Kier alpha value is -1.89. The molecule has 15 heavy (non-hydrogen) atoms. The number of nitrogens with zero attached hydrogens (tertiary/aromatic N) is 2. The number of carboxylic acids is 1. The van der Waals surface area contributed by atoms with E-state index >= 15 is 0 Å². The average Bonchev–Trinajstić information content (AvgIpc) is 2.30. The third kappa shape index (κ3) is 3.06. The zero-order valence-electron chi connectivity index (χ0n) is 8.90. The smallest absolute Gasteiger partial charge is 0.336 e. The van der Waals surface area contributed by atoms with E-state index in [0.29, 0.717) is 5.56 Å². The number of hydrogen-bond donors (Lipinski definition) is 1. The molecule has 0 unspecified atom stereocenters. The molecule has 0 aliphatic rings. The van der Waals surface area contributed by atoms with Crippen molar-refractivity contribution in [3.8, 4) is 0 Å². The van der Waals surface area contributed by atoms with E-state index in [-0.39, 0.29) is 0 Å². The second-order valence-corrected chi connectivity index (χ2v) is 2.96. The Kier molecular flexibility index (Phi) is 5.72. The van der Waals surface area contributed by atoms with E-state index in [0.717, 1.165) is 24.0 Å². The minimum atomic E-state index is -0.811. The Balaban J connectivity index is 0.000000921. The zero-order valence-corrected chi connectivity index (χ0v) is 8.90. The summed E-state index contributed by atoms with van der Waals surface area (Å²) in [5, 5.41) is 21.0. The van der Waals surface area contributed by atoms with Gasteiger partial charge in [-0.05, 0) is 24.0 Å². The first kappa shape index (κ1) is 13.1. The van der Waals surface area contributed by atoms with E-state index in [1.54, 1.807) is 0 Å². The highest BCUT2D eigenvalue weighted by atomic mass is 16.4. The van der Waals surface area contributed by atoms with Crippen molar-refractivity contribution in [1.82, 2.24) is 0 Å². The van der Waals surface area contributed by atoms with Gasteiger partial charge >= 0.3 is 5.97 Å². The van der Waals surface area contributed by atoms with Crippen molar-refractivity contribution in [3.63, 3.8) is 0 Å². The molecule has 0 heterocycles. The van der Waals surface area contributed by atoms with Gasteiger partial charge in [0.15, 0.2) is 0 Å². The summed E-state index contributed by atoms with van der Waals surface area (Å²) >= 11 is 0. The number of benzene rings is 1. The van der Waals surface area contributed by atoms with Gasteiger partial charge in [0.05, 0.1) is 5.56 Å². The molecule has 4 nitrogen and oxygen atoms in total. The average molecular weight is 206 g/mol. The lowest BCUT2D eigenvalue weighted by atomic mass is 9.98. The van der Waals surface area contributed by atoms with Crippen LogP contribution >= 0.6 is 0 Å². The SMILES string of the molecule is CCc1cccc(CC)c1C(=O)O.N#N. The van der Waals surface area contributed by atoms with Crippen LogP contribution in [0.2, 0.25) is 0 Å². The quantitative estimate of drug-likeness (QED) is 0.770. The topological polar surface area (TPSA) is 84.9 Å². The van der Waals surface area contributed by atoms with Crippen LogP contribution < -0.4 is 0 Å². The molecular formula is C11H14N2O2. The maximum atomic E-state index is 11.0. The van der Waals surface area contributed by atoms with Crippen LogP contribution in [0, 0.1) is 10.8 Å². The van der Waals surface area contributed by atoms with E-state index in [2.05, 4.69) is 0 Å². The molecule has 0 radical (unpaired) electrons. The van der Waals surface area contributed by atoms with Gasteiger partial charge in [-0.1, -0.05) is 32.0 Å². The van der Waals surface area contributed by atoms with Crippen LogP contribution in [0.5, 0.6) is 0 Å². The Bertz CT molecular complexity index is 337. The van der Waals surface area contributed by atoms with Crippen molar-refractivity contribution in [2.45, 2.75) is 26.7 Å². The molecule has 80 valence electrons. The van der Waals surface area contributed by atoms with Gasteiger partial charge in [0, 0.05) is 10.8 Å². The highest BCUT2D eigenvalue weighted by Gasteiger charge is 2.12. The summed E-state index contributed by atoms with van der Waals surface area (Å²) in [4.78, 5) is 11.0. The van der Waals surface area contributed by atoms with E-state index < -0.39 is 5.97 Å². The van der Waals surface area contributed by atoms with Crippen LogP contribution in [-0.2, 0) is 12.8 Å². The summed E-state index contributed by atoms with van der Waals surface area (Å²) in [6.07, 6.45) is 1.55. The number of carbonyl (C=O) groups is 1. The van der Waals surface area contributed by atoms with Crippen molar-refractivity contribution in [1.29, 1.82) is 10.8 Å². The number of carboxylic acid groups (broad SMARTS) is 1. The maximum Gasteiger partial charge on any atom is 0.336 e. The van der Waals surface area contributed by atoms with Crippen LogP contribution in [0.1, 0.15) is 35.3 Å². The lowest BCUT2D eigenvalue weighted by Crippen LogP contribution is -2.06. The monoisotopic (exact) mass is 206 g/mol. The molecule has 0 amide bonds. The molecule has 0 bridgehead atoms. The zero-order chi connectivity index (χ0) is 11.8. The first-order chi connectivity index (χ1) is 7.20. The van der Waals surface area contributed by atoms with E-state index in [9.17, 15) is 4.79 Å². The second-order valence-electron chi connectivity index (χ2n) is 2.96. The van der Waals surface area contributed by atoms with E-state index in [4.69, 9.17) is 15.9 Å². The van der Waals surface area contributed by atoms with Crippen LogP contribution in [0.4, 0.5) is 0 Å². The normalized spacial score (nSPS) is 8.80. The molecule has 1 aromatic rings. The lowest BCUT2D eigenvalue weighted by molar-refractivity contribution is 0.0694. The molecule has 0 atom stereocenters. The fourth-order valence-electron chi connectivity index (χ4n) is 1.52. The molecule has 4 heteroatoms. The summed E-state index contributed by atoms with van der Waals surface area (Å²) in [6, 6.07) is 5.68. The van der Waals surface area contributed by atoms with Crippen LogP contribution in [0.25, 0.3) is 0 Å². The third-order valence-electron chi connectivity index (χ3n) is 2.21. The Morgan fingerprint density at radius 1 is 1.20 bits per heavy atom. The molecule has 1 N–H and O–H groups in total. The van der Waals surface area contributed by atoms with Crippen LogP contribution in [0.3, 0.4) is 0 Å². The minimum absolute atomic E-state index is 0.493. The Morgan fingerprint density at radius 3 is 1.87 bits per heavy atom. The molecular weight excluding hydrogens is 192 g/mol. The van der Waals surface area contributed by atoms with Crippen LogP contribution in [0.15, 0.2) is 18.2 Å². The number of hydrogen-bond acceptors (Lipinski definition) is 3. The predicted molar refractivity (Wildman–Crippen MR) is 55.6 cm³/mol. The van der Waals surface area contributed by atoms with Crippen molar-refractivity contribution >= 4 is 5.97 Å². The predicted octanol–water partition coefficient (Wildman–Crippen LogP) is 2.54. The Labute approximate surface area is 89.0 Å². The molecule has 1 rings (SSSR count). The van der Waals surface area contributed by atoms with Gasteiger partial charge in [0.25, 0.3) is 0 Å². The summed E-state index contributed by atoms with van der Waals surface area (Å²) in [7, 11) is 0. The van der Waals surface area contributed by atoms with Crippen molar-refractivity contribution in [3.05, 3.63) is 34.9 Å². The Morgan fingerprint density at radius 2 is 1.60 bits per heavy atom. The fourth-order valence-corrected chi connectivity index (χ4v) is 1.52. The molecule has 0 fully saturated rings. The molecule has 0 spiro atoms. The molecule has 0 saturated heterocycles. The van der Waals surface area contributed by atoms with E-state index in [1.807, 2.05) is 32.0 Å². The van der Waals surface area contributed by atoms with Crippen molar-refractivity contribution < 1.29 is 9.90 Å². The number of aromatic carboxylic acids is 1.